The van der Waals surface area contributed by atoms with Crippen molar-refractivity contribution in [1.29, 1.82) is 0 Å². The van der Waals surface area contributed by atoms with Crippen molar-refractivity contribution in [3.8, 4) is 0 Å². The standard InChI is InChI=1S/C5H10O3S.Na/c1-5(2)3-4-9(6,7)8;/h1,3-4H2,2H3,(H,6,7,8);/q;+1/p-1. The first-order valence-corrected chi connectivity index (χ1v) is 4.07. The molecule has 54 valence electrons. The smallest absolute Gasteiger partial charge is 0.748 e. The van der Waals surface area contributed by atoms with Gasteiger partial charge in [0.2, 0.25) is 0 Å². The van der Waals surface area contributed by atoms with Gasteiger partial charge in [-0.1, -0.05) is 5.57 Å². The van der Waals surface area contributed by atoms with Gasteiger partial charge in [-0.05, 0) is 13.3 Å². The third-order valence-electron chi connectivity index (χ3n) is 0.779. The Hall–Kier alpha value is 0.650. The van der Waals surface area contributed by atoms with Crippen molar-refractivity contribution in [3.63, 3.8) is 0 Å². The van der Waals surface area contributed by atoms with Gasteiger partial charge < -0.3 is 4.55 Å². The van der Waals surface area contributed by atoms with Crippen molar-refractivity contribution >= 4 is 10.1 Å². The molecule has 5 heteroatoms. The Labute approximate surface area is 83.6 Å². The summed E-state index contributed by atoms with van der Waals surface area (Å²) in [6.45, 7) is 5.14. The minimum Gasteiger partial charge on any atom is -0.748 e. The predicted molar refractivity (Wildman–Crippen MR) is 34.0 cm³/mol. The fourth-order valence-electron chi connectivity index (χ4n) is 0.299. The number of rotatable bonds is 3. The average molecular weight is 172 g/mol. The molecule has 0 saturated heterocycles. The molecule has 0 bridgehead atoms. The van der Waals surface area contributed by atoms with Crippen molar-refractivity contribution in [2.45, 2.75) is 13.3 Å². The van der Waals surface area contributed by atoms with Crippen LogP contribution in [-0.2, 0) is 10.1 Å². The van der Waals surface area contributed by atoms with Crippen molar-refractivity contribution in [1.82, 2.24) is 0 Å². The molecule has 0 spiro atoms. The molecule has 0 aromatic carbocycles. The minimum absolute atomic E-state index is 0. The second-order valence-electron chi connectivity index (χ2n) is 1.97. The maximum absolute atomic E-state index is 9.94. The summed E-state index contributed by atoms with van der Waals surface area (Å²) in [6, 6.07) is 0. The maximum Gasteiger partial charge on any atom is 1.00 e. The summed E-state index contributed by atoms with van der Waals surface area (Å²) >= 11 is 0. The summed E-state index contributed by atoms with van der Waals surface area (Å²) in [5, 5.41) is 0. The molecule has 0 aliphatic heterocycles. The van der Waals surface area contributed by atoms with Crippen LogP contribution >= 0.6 is 0 Å². The predicted octanol–water partition coefficient (Wildman–Crippen LogP) is -2.50. The van der Waals surface area contributed by atoms with Crippen LogP contribution in [0.5, 0.6) is 0 Å². The fourth-order valence-corrected chi connectivity index (χ4v) is 0.898. The van der Waals surface area contributed by atoms with Gasteiger partial charge in [0.1, 0.15) is 0 Å². The van der Waals surface area contributed by atoms with Gasteiger partial charge >= 0.3 is 29.6 Å². The van der Waals surface area contributed by atoms with Gasteiger partial charge in [-0.25, -0.2) is 8.42 Å². The number of hydrogen-bond donors (Lipinski definition) is 0. The zero-order valence-electron chi connectivity index (χ0n) is 6.25. The molecule has 3 nitrogen and oxygen atoms in total. The van der Waals surface area contributed by atoms with Crippen LogP contribution in [0.4, 0.5) is 0 Å². The molecule has 0 radical (unpaired) electrons. The van der Waals surface area contributed by atoms with E-state index in [0.717, 1.165) is 5.57 Å². The molecule has 0 atom stereocenters. The van der Waals surface area contributed by atoms with E-state index in [4.69, 9.17) is 0 Å². The molecule has 10 heavy (non-hydrogen) atoms. The quantitative estimate of drug-likeness (QED) is 0.269. The van der Waals surface area contributed by atoms with Crippen LogP contribution in [-0.4, -0.2) is 18.7 Å². The van der Waals surface area contributed by atoms with Crippen LogP contribution < -0.4 is 29.6 Å². The van der Waals surface area contributed by atoms with Crippen LogP contribution in [0.1, 0.15) is 13.3 Å². The van der Waals surface area contributed by atoms with Crippen molar-refractivity contribution < 1.29 is 42.5 Å². The van der Waals surface area contributed by atoms with Gasteiger partial charge in [0.25, 0.3) is 0 Å². The Bertz CT molecular complexity index is 195. The van der Waals surface area contributed by atoms with Crippen LogP contribution in [0.25, 0.3) is 0 Å². The fraction of sp³-hybridized carbons (Fsp3) is 0.600. The van der Waals surface area contributed by atoms with Gasteiger partial charge in [-0.2, -0.15) is 0 Å². The molecule has 0 rings (SSSR count). The second-order valence-corrected chi connectivity index (χ2v) is 3.49. The van der Waals surface area contributed by atoms with E-state index in [1.54, 1.807) is 6.92 Å². The summed E-state index contributed by atoms with van der Waals surface area (Å²) in [6.07, 6.45) is 0.270. The first kappa shape index (κ1) is 13.3. The largest absolute Gasteiger partial charge is 1.00 e. The SMILES string of the molecule is C=C(C)CCS(=O)(=O)[O-].[Na+]. The Morgan fingerprint density at radius 1 is 1.60 bits per heavy atom. The normalized spacial score (nSPS) is 10.2. The second kappa shape index (κ2) is 5.32. The zero-order chi connectivity index (χ0) is 7.49. The first-order valence-electron chi connectivity index (χ1n) is 2.50. The van der Waals surface area contributed by atoms with E-state index < -0.39 is 10.1 Å². The van der Waals surface area contributed by atoms with E-state index in [-0.39, 0.29) is 41.7 Å². The summed E-state index contributed by atoms with van der Waals surface area (Å²) in [5.74, 6) is -0.331. The molecule has 0 aliphatic carbocycles. The van der Waals surface area contributed by atoms with E-state index in [1.807, 2.05) is 0 Å². The molecule has 0 N–H and O–H groups in total. The average Bonchev–Trinajstić information content (AvgIpc) is 1.59. The summed E-state index contributed by atoms with van der Waals surface area (Å²) in [4.78, 5) is 0. The summed E-state index contributed by atoms with van der Waals surface area (Å²) in [7, 11) is -4.03. The van der Waals surface area contributed by atoms with Crippen LogP contribution in [0.15, 0.2) is 12.2 Å². The molecule has 0 amide bonds. The van der Waals surface area contributed by atoms with Crippen molar-refractivity contribution in [2.75, 3.05) is 5.75 Å². The molecular weight excluding hydrogens is 163 g/mol. The topological polar surface area (TPSA) is 57.2 Å². The van der Waals surface area contributed by atoms with Gasteiger partial charge in [-0.3, -0.25) is 0 Å². The Kier molecular flexibility index (Phi) is 7.05. The third kappa shape index (κ3) is 11.4. The van der Waals surface area contributed by atoms with Crippen molar-refractivity contribution in [3.05, 3.63) is 12.2 Å². The molecular formula is C5H9NaO3S. The van der Waals surface area contributed by atoms with Gasteiger partial charge in [0.05, 0.1) is 10.1 Å². The number of allylic oxidation sites excluding steroid dienone is 1. The molecule has 0 fully saturated rings. The number of hydrogen-bond acceptors (Lipinski definition) is 3. The Balaban J connectivity index is 0. The van der Waals surface area contributed by atoms with Gasteiger partial charge in [0, 0.05) is 5.75 Å². The molecule has 0 heterocycles. The van der Waals surface area contributed by atoms with E-state index in [1.165, 1.54) is 0 Å². The first-order chi connectivity index (χ1) is 3.92. The van der Waals surface area contributed by atoms with E-state index in [2.05, 4.69) is 6.58 Å². The Morgan fingerprint density at radius 3 is 2.10 bits per heavy atom. The zero-order valence-corrected chi connectivity index (χ0v) is 9.07. The molecule has 0 aromatic heterocycles. The van der Waals surface area contributed by atoms with E-state index in [9.17, 15) is 13.0 Å². The summed E-state index contributed by atoms with van der Waals surface area (Å²) in [5.41, 5.74) is 0.717. The van der Waals surface area contributed by atoms with E-state index >= 15 is 0 Å². The van der Waals surface area contributed by atoms with Crippen molar-refractivity contribution in [2.24, 2.45) is 0 Å². The van der Waals surface area contributed by atoms with E-state index in [0.29, 0.717) is 0 Å². The Morgan fingerprint density at radius 2 is 2.00 bits per heavy atom. The molecule has 0 unspecified atom stereocenters. The minimum atomic E-state index is -4.03. The van der Waals surface area contributed by atoms with Gasteiger partial charge in [0.15, 0.2) is 0 Å². The molecule has 0 aliphatic rings. The monoisotopic (exact) mass is 172 g/mol. The van der Waals surface area contributed by atoms with Gasteiger partial charge in [-0.15, -0.1) is 6.58 Å². The van der Waals surface area contributed by atoms with Crippen LogP contribution in [0, 0.1) is 0 Å². The third-order valence-corrected chi connectivity index (χ3v) is 1.48. The maximum atomic E-state index is 9.94. The van der Waals surface area contributed by atoms with Crippen LogP contribution in [0.2, 0.25) is 0 Å². The molecule has 0 aromatic rings. The molecule has 0 saturated carbocycles. The van der Waals surface area contributed by atoms with Crippen LogP contribution in [0.3, 0.4) is 0 Å². The summed E-state index contributed by atoms with van der Waals surface area (Å²) < 4.78 is 29.8.